The van der Waals surface area contributed by atoms with Crippen LogP contribution in [-0.2, 0) is 11.2 Å². The van der Waals surface area contributed by atoms with Gasteiger partial charge in [0.2, 0.25) is 0 Å². The summed E-state index contributed by atoms with van der Waals surface area (Å²) in [4.78, 5) is 14.7. The Bertz CT molecular complexity index is 763. The molecule has 4 nitrogen and oxygen atoms in total. The molecule has 0 aromatic heterocycles. The molecule has 1 N–H and O–H groups in total. The Labute approximate surface area is 148 Å². The summed E-state index contributed by atoms with van der Waals surface area (Å²) in [6.07, 6.45) is 5.69. The molecular weight excluding hydrogens is 312 g/mol. The molecule has 1 saturated heterocycles. The molecular formula is C21H24N2O2. The van der Waals surface area contributed by atoms with Gasteiger partial charge in [0.1, 0.15) is 11.6 Å². The van der Waals surface area contributed by atoms with Crippen molar-refractivity contribution in [3.05, 3.63) is 40.5 Å². The van der Waals surface area contributed by atoms with E-state index < -0.39 is 0 Å². The van der Waals surface area contributed by atoms with Crippen molar-refractivity contribution in [2.75, 3.05) is 19.7 Å². The van der Waals surface area contributed by atoms with Crippen molar-refractivity contribution in [3.8, 4) is 6.07 Å². The number of likely N-dealkylation sites (tertiary alicyclic amines) is 1. The van der Waals surface area contributed by atoms with Gasteiger partial charge in [0.15, 0.2) is 5.78 Å². The van der Waals surface area contributed by atoms with E-state index in [9.17, 15) is 10.1 Å². The average Bonchev–Trinajstić information content (AvgIpc) is 3.46. The van der Waals surface area contributed by atoms with Gasteiger partial charge in [-0.05, 0) is 61.1 Å². The van der Waals surface area contributed by atoms with Crippen LogP contribution < -0.4 is 0 Å². The van der Waals surface area contributed by atoms with Crippen LogP contribution in [0.2, 0.25) is 0 Å². The van der Waals surface area contributed by atoms with Crippen molar-refractivity contribution in [2.45, 2.75) is 44.4 Å². The van der Waals surface area contributed by atoms with E-state index in [2.05, 4.69) is 29.2 Å². The van der Waals surface area contributed by atoms with E-state index in [4.69, 9.17) is 5.11 Å². The highest BCUT2D eigenvalue weighted by molar-refractivity contribution is 6.09. The largest absolute Gasteiger partial charge is 0.396 e. The lowest BCUT2D eigenvalue weighted by atomic mass is 9.85. The van der Waals surface area contributed by atoms with Crippen molar-refractivity contribution in [2.24, 2.45) is 5.92 Å². The standard InChI is InChI=1S/C21H24N2O2/c22-13-19-20(25)12-17-4-3-16(15-1-2-15)11-18(17)21(19)23-8-5-14(6-9-23)7-10-24/h3-4,11,14-15,24H,1-2,5-10,12H2. The minimum atomic E-state index is -0.0540. The van der Waals surface area contributed by atoms with Crippen LogP contribution in [0.15, 0.2) is 23.8 Å². The van der Waals surface area contributed by atoms with Gasteiger partial charge in [-0.1, -0.05) is 12.1 Å². The SMILES string of the molecule is N#CC1=C(N2CCC(CCO)CC2)c2cc(C3CC3)ccc2CC1=O. The number of hydrogen-bond donors (Lipinski definition) is 1. The Balaban J connectivity index is 1.70. The third kappa shape index (κ3) is 3.09. The molecule has 0 amide bonds. The first kappa shape index (κ1) is 16.4. The minimum Gasteiger partial charge on any atom is -0.396 e. The van der Waals surface area contributed by atoms with Gasteiger partial charge < -0.3 is 10.0 Å². The fraction of sp³-hybridized carbons (Fsp3) is 0.524. The number of nitrogens with zero attached hydrogens (tertiary/aromatic N) is 2. The molecule has 25 heavy (non-hydrogen) atoms. The number of aliphatic hydroxyl groups excluding tert-OH is 1. The van der Waals surface area contributed by atoms with E-state index in [1.54, 1.807) is 0 Å². The molecule has 1 aliphatic heterocycles. The number of carbonyl (C=O) groups is 1. The van der Waals surface area contributed by atoms with E-state index in [1.165, 1.54) is 18.4 Å². The van der Waals surface area contributed by atoms with Gasteiger partial charge in [-0.15, -0.1) is 0 Å². The van der Waals surface area contributed by atoms with Gasteiger partial charge in [0, 0.05) is 31.7 Å². The fourth-order valence-corrected chi connectivity index (χ4v) is 4.24. The molecule has 130 valence electrons. The predicted molar refractivity (Wildman–Crippen MR) is 95.7 cm³/mol. The highest BCUT2D eigenvalue weighted by Gasteiger charge is 2.32. The Morgan fingerprint density at radius 1 is 1.20 bits per heavy atom. The van der Waals surface area contributed by atoms with Crippen LogP contribution in [0.4, 0.5) is 0 Å². The van der Waals surface area contributed by atoms with E-state index in [0.717, 1.165) is 49.2 Å². The Morgan fingerprint density at radius 3 is 2.60 bits per heavy atom. The second-order valence-electron chi connectivity index (χ2n) is 7.57. The van der Waals surface area contributed by atoms with E-state index in [1.807, 2.05) is 0 Å². The molecule has 4 heteroatoms. The molecule has 0 atom stereocenters. The predicted octanol–water partition coefficient (Wildman–Crippen LogP) is 3.02. The smallest absolute Gasteiger partial charge is 0.179 e. The number of allylic oxidation sites excluding steroid dienone is 1. The number of Topliss-reactive ketones (excluding diaryl/α,β-unsaturated/α-hetero) is 1. The number of nitriles is 1. The van der Waals surface area contributed by atoms with Gasteiger partial charge in [0.05, 0.1) is 5.70 Å². The van der Waals surface area contributed by atoms with Crippen molar-refractivity contribution >= 4 is 11.5 Å². The van der Waals surface area contributed by atoms with Crippen LogP contribution >= 0.6 is 0 Å². The van der Waals surface area contributed by atoms with Gasteiger partial charge in [-0.2, -0.15) is 5.26 Å². The van der Waals surface area contributed by atoms with E-state index in [0.29, 0.717) is 23.8 Å². The quantitative estimate of drug-likeness (QED) is 0.918. The van der Waals surface area contributed by atoms with Gasteiger partial charge in [-0.25, -0.2) is 0 Å². The Morgan fingerprint density at radius 2 is 1.96 bits per heavy atom. The summed E-state index contributed by atoms with van der Waals surface area (Å²) in [5, 5.41) is 18.8. The van der Waals surface area contributed by atoms with Gasteiger partial charge >= 0.3 is 0 Å². The van der Waals surface area contributed by atoms with Crippen LogP contribution in [0.25, 0.3) is 5.70 Å². The molecule has 3 aliphatic rings. The molecule has 2 aliphatic carbocycles. The molecule has 4 rings (SSSR count). The maximum absolute atomic E-state index is 12.5. The topological polar surface area (TPSA) is 64.3 Å². The third-order valence-electron chi connectivity index (χ3n) is 5.88. The summed E-state index contributed by atoms with van der Waals surface area (Å²) in [5.74, 6) is 1.15. The first-order valence-electron chi connectivity index (χ1n) is 9.38. The normalized spacial score (nSPS) is 21.3. The van der Waals surface area contributed by atoms with Gasteiger partial charge in [0.25, 0.3) is 0 Å². The maximum Gasteiger partial charge on any atom is 0.179 e. The van der Waals surface area contributed by atoms with Crippen LogP contribution in [0.5, 0.6) is 0 Å². The molecule has 1 saturated carbocycles. The monoisotopic (exact) mass is 336 g/mol. The number of benzene rings is 1. The summed E-state index contributed by atoms with van der Waals surface area (Å²) in [7, 11) is 0. The fourth-order valence-electron chi connectivity index (χ4n) is 4.24. The third-order valence-corrected chi connectivity index (χ3v) is 5.88. The number of hydrogen-bond acceptors (Lipinski definition) is 4. The minimum absolute atomic E-state index is 0.0540. The summed E-state index contributed by atoms with van der Waals surface area (Å²) in [5.41, 5.74) is 4.69. The summed E-state index contributed by atoms with van der Waals surface area (Å²) < 4.78 is 0. The highest BCUT2D eigenvalue weighted by atomic mass is 16.3. The molecule has 1 aromatic carbocycles. The zero-order chi connectivity index (χ0) is 17.4. The van der Waals surface area contributed by atoms with Crippen LogP contribution in [-0.4, -0.2) is 35.5 Å². The number of ketones is 1. The summed E-state index contributed by atoms with van der Waals surface area (Å²) in [6, 6.07) is 8.67. The van der Waals surface area contributed by atoms with E-state index in [-0.39, 0.29) is 12.4 Å². The van der Waals surface area contributed by atoms with Crippen molar-refractivity contribution < 1.29 is 9.90 Å². The van der Waals surface area contributed by atoms with Crippen molar-refractivity contribution in [1.29, 1.82) is 5.26 Å². The second kappa shape index (κ2) is 6.65. The lowest BCUT2D eigenvalue weighted by Crippen LogP contribution is -2.35. The van der Waals surface area contributed by atoms with Gasteiger partial charge in [-0.3, -0.25) is 4.79 Å². The van der Waals surface area contributed by atoms with Crippen LogP contribution in [0, 0.1) is 17.2 Å². The number of piperidine rings is 1. The summed E-state index contributed by atoms with van der Waals surface area (Å²) >= 11 is 0. The molecule has 0 bridgehead atoms. The van der Waals surface area contributed by atoms with Crippen molar-refractivity contribution in [1.82, 2.24) is 4.90 Å². The molecule has 2 fully saturated rings. The summed E-state index contributed by atoms with van der Waals surface area (Å²) in [6.45, 7) is 1.94. The Kier molecular flexibility index (Phi) is 4.35. The van der Waals surface area contributed by atoms with Crippen molar-refractivity contribution in [3.63, 3.8) is 0 Å². The Hall–Kier alpha value is -2.12. The molecule has 0 spiro atoms. The molecule has 0 unspecified atom stereocenters. The van der Waals surface area contributed by atoms with E-state index >= 15 is 0 Å². The second-order valence-corrected chi connectivity index (χ2v) is 7.57. The number of carbonyl (C=O) groups excluding carboxylic acids is 1. The van der Waals surface area contributed by atoms with Crippen LogP contribution in [0.3, 0.4) is 0 Å². The molecule has 1 heterocycles. The molecule has 1 aromatic rings. The number of fused-ring (bicyclic) bond motifs is 1. The first-order valence-corrected chi connectivity index (χ1v) is 9.38. The lowest BCUT2D eigenvalue weighted by molar-refractivity contribution is -0.114. The number of rotatable bonds is 4. The molecule has 0 radical (unpaired) electrons. The van der Waals surface area contributed by atoms with Crippen LogP contribution in [0.1, 0.15) is 54.7 Å². The number of aliphatic hydroxyl groups is 1. The lowest BCUT2D eigenvalue weighted by Gasteiger charge is -2.37. The highest BCUT2D eigenvalue weighted by Crippen LogP contribution is 2.43. The average molecular weight is 336 g/mol. The zero-order valence-electron chi connectivity index (χ0n) is 14.5. The maximum atomic E-state index is 12.5. The first-order chi connectivity index (χ1) is 12.2. The zero-order valence-corrected chi connectivity index (χ0v) is 14.5.